The number of hydrogen-bond donors (Lipinski definition) is 0. The lowest BCUT2D eigenvalue weighted by atomic mass is 10.1. The van der Waals surface area contributed by atoms with E-state index in [4.69, 9.17) is 0 Å². The monoisotopic (exact) mass is 233 g/mol. The van der Waals surface area contributed by atoms with Gasteiger partial charge in [-0.15, -0.1) is 0 Å². The highest BCUT2D eigenvalue weighted by molar-refractivity contribution is 5.30. The molecule has 0 amide bonds. The van der Waals surface area contributed by atoms with Crippen molar-refractivity contribution in [2.24, 2.45) is 5.92 Å². The molecular formula is C16H27N. The summed E-state index contributed by atoms with van der Waals surface area (Å²) in [6.45, 7) is 12.6. The van der Waals surface area contributed by atoms with E-state index in [9.17, 15) is 0 Å². The van der Waals surface area contributed by atoms with Gasteiger partial charge in [0, 0.05) is 24.4 Å². The van der Waals surface area contributed by atoms with Gasteiger partial charge in [-0.25, -0.2) is 0 Å². The Morgan fingerprint density at radius 3 is 2.24 bits per heavy atom. The molecule has 1 aromatic rings. The average Bonchev–Trinajstić information content (AvgIpc) is 2.33. The van der Waals surface area contributed by atoms with Gasteiger partial charge in [-0.3, -0.25) is 4.98 Å². The molecule has 0 fully saturated rings. The van der Waals surface area contributed by atoms with E-state index < -0.39 is 0 Å². The summed E-state index contributed by atoms with van der Waals surface area (Å²) >= 11 is 0. The second kappa shape index (κ2) is 14.7. The van der Waals surface area contributed by atoms with Crippen LogP contribution in [0.15, 0.2) is 24.5 Å². The molecule has 0 bridgehead atoms. The summed E-state index contributed by atoms with van der Waals surface area (Å²) in [5.74, 6) is 6.82. The number of pyridine rings is 1. The molecular weight excluding hydrogens is 206 g/mol. The predicted molar refractivity (Wildman–Crippen MR) is 77.9 cm³/mol. The zero-order valence-electron chi connectivity index (χ0n) is 12.2. The average molecular weight is 233 g/mol. The van der Waals surface area contributed by atoms with Crippen LogP contribution < -0.4 is 0 Å². The van der Waals surface area contributed by atoms with E-state index in [1.54, 1.807) is 12.4 Å². The zero-order valence-corrected chi connectivity index (χ0v) is 12.2. The van der Waals surface area contributed by atoms with Crippen molar-refractivity contribution in [3.8, 4) is 11.8 Å². The van der Waals surface area contributed by atoms with Gasteiger partial charge in [0.2, 0.25) is 0 Å². The molecule has 0 aromatic carbocycles. The summed E-state index contributed by atoms with van der Waals surface area (Å²) in [7, 11) is 0. The Kier molecular flexibility index (Phi) is 15.6. The van der Waals surface area contributed by atoms with Gasteiger partial charge in [0.05, 0.1) is 0 Å². The second-order valence-electron chi connectivity index (χ2n) is 3.85. The van der Waals surface area contributed by atoms with Crippen LogP contribution in [0, 0.1) is 17.8 Å². The third-order valence-electron chi connectivity index (χ3n) is 1.40. The summed E-state index contributed by atoms with van der Waals surface area (Å²) in [5.41, 5.74) is 0.998. The number of rotatable bonds is 1. The number of aromatic nitrogens is 1. The Morgan fingerprint density at radius 1 is 1.24 bits per heavy atom. The largest absolute Gasteiger partial charge is 0.263 e. The van der Waals surface area contributed by atoms with Gasteiger partial charge in [0.15, 0.2) is 0 Å². The molecule has 0 saturated carbocycles. The molecule has 0 aliphatic heterocycles. The van der Waals surface area contributed by atoms with Crippen LogP contribution in [0.25, 0.3) is 0 Å². The molecule has 1 rings (SSSR count). The van der Waals surface area contributed by atoms with Gasteiger partial charge < -0.3 is 0 Å². The summed E-state index contributed by atoms with van der Waals surface area (Å²) in [5, 5.41) is 0. The summed E-state index contributed by atoms with van der Waals surface area (Å²) in [6.07, 6.45) is 5.75. The van der Waals surface area contributed by atoms with Crippen LogP contribution in [0.5, 0.6) is 0 Å². The molecule has 0 aliphatic carbocycles. The van der Waals surface area contributed by atoms with Crippen molar-refractivity contribution >= 4 is 0 Å². The van der Waals surface area contributed by atoms with Gasteiger partial charge in [0.25, 0.3) is 0 Å². The SMILES string of the molecule is CC.CC(C)CC#Cc1cccnc1.CCC. The Balaban J connectivity index is 0. The van der Waals surface area contributed by atoms with Crippen molar-refractivity contribution in [1.29, 1.82) is 0 Å². The first-order chi connectivity index (χ1) is 8.20. The molecule has 0 spiro atoms. The molecule has 17 heavy (non-hydrogen) atoms. The minimum Gasteiger partial charge on any atom is -0.263 e. The fourth-order valence-corrected chi connectivity index (χ4v) is 0.794. The molecule has 0 saturated heterocycles. The standard InChI is InChI=1S/C11H13N.C3H8.C2H6/c1-10(2)5-3-6-11-7-4-8-12-9-11;1-3-2;1-2/h4,7-10H,5H2,1-2H3;3H2,1-2H3;1-2H3. The van der Waals surface area contributed by atoms with Crippen LogP contribution >= 0.6 is 0 Å². The van der Waals surface area contributed by atoms with Crippen molar-refractivity contribution in [2.75, 3.05) is 0 Å². The Morgan fingerprint density at radius 2 is 1.82 bits per heavy atom. The maximum absolute atomic E-state index is 3.98. The maximum Gasteiger partial charge on any atom is 0.0428 e. The highest BCUT2D eigenvalue weighted by Gasteiger charge is 1.87. The van der Waals surface area contributed by atoms with E-state index in [0.717, 1.165) is 12.0 Å². The van der Waals surface area contributed by atoms with Crippen molar-refractivity contribution in [3.05, 3.63) is 30.1 Å². The molecule has 1 heterocycles. The zero-order chi connectivity index (χ0) is 13.5. The van der Waals surface area contributed by atoms with Crippen molar-refractivity contribution < 1.29 is 0 Å². The molecule has 0 radical (unpaired) electrons. The lowest BCUT2D eigenvalue weighted by molar-refractivity contribution is 0.676. The van der Waals surface area contributed by atoms with Gasteiger partial charge in [0.1, 0.15) is 0 Å². The molecule has 0 aliphatic rings. The van der Waals surface area contributed by atoms with E-state index in [1.807, 2.05) is 26.0 Å². The minimum atomic E-state index is 0.647. The topological polar surface area (TPSA) is 12.9 Å². The fourth-order valence-electron chi connectivity index (χ4n) is 0.794. The second-order valence-corrected chi connectivity index (χ2v) is 3.85. The number of hydrogen-bond acceptors (Lipinski definition) is 1. The Bertz CT molecular complexity index is 290. The summed E-state index contributed by atoms with van der Waals surface area (Å²) in [6, 6.07) is 3.87. The van der Waals surface area contributed by atoms with Gasteiger partial charge in [-0.1, -0.05) is 59.8 Å². The first-order valence-corrected chi connectivity index (χ1v) is 6.59. The van der Waals surface area contributed by atoms with Crippen LogP contribution in [0.2, 0.25) is 0 Å². The van der Waals surface area contributed by atoms with Crippen LogP contribution in [0.1, 0.15) is 59.9 Å². The molecule has 96 valence electrons. The van der Waals surface area contributed by atoms with Crippen LogP contribution in [0.4, 0.5) is 0 Å². The smallest absolute Gasteiger partial charge is 0.0428 e. The highest BCUT2D eigenvalue weighted by Crippen LogP contribution is 1.97. The first-order valence-electron chi connectivity index (χ1n) is 6.59. The Labute approximate surface area is 108 Å². The molecule has 0 unspecified atom stereocenters. The first kappa shape index (κ1) is 18.1. The van der Waals surface area contributed by atoms with E-state index >= 15 is 0 Å². The van der Waals surface area contributed by atoms with E-state index in [1.165, 1.54) is 6.42 Å². The van der Waals surface area contributed by atoms with E-state index in [2.05, 4.69) is 44.5 Å². The predicted octanol–water partition coefficient (Wildman–Crippen LogP) is 4.92. The van der Waals surface area contributed by atoms with Gasteiger partial charge >= 0.3 is 0 Å². The normalized spacial score (nSPS) is 7.94. The van der Waals surface area contributed by atoms with Crippen LogP contribution in [-0.4, -0.2) is 4.98 Å². The fraction of sp³-hybridized carbons (Fsp3) is 0.562. The van der Waals surface area contributed by atoms with Crippen molar-refractivity contribution in [2.45, 2.75) is 54.4 Å². The van der Waals surface area contributed by atoms with Crippen molar-refractivity contribution in [1.82, 2.24) is 4.98 Å². The van der Waals surface area contributed by atoms with E-state index in [-0.39, 0.29) is 0 Å². The quantitative estimate of drug-likeness (QED) is 0.627. The Hall–Kier alpha value is -1.29. The molecule has 1 nitrogen and oxygen atoms in total. The molecule has 1 aromatic heterocycles. The third-order valence-corrected chi connectivity index (χ3v) is 1.40. The van der Waals surface area contributed by atoms with Gasteiger partial charge in [-0.05, 0) is 18.1 Å². The minimum absolute atomic E-state index is 0.647. The molecule has 0 N–H and O–H groups in total. The molecule has 0 atom stereocenters. The van der Waals surface area contributed by atoms with E-state index in [0.29, 0.717) is 5.92 Å². The highest BCUT2D eigenvalue weighted by atomic mass is 14.6. The van der Waals surface area contributed by atoms with Gasteiger partial charge in [-0.2, -0.15) is 0 Å². The van der Waals surface area contributed by atoms with Crippen molar-refractivity contribution in [3.63, 3.8) is 0 Å². The molecule has 1 heteroatoms. The summed E-state index contributed by atoms with van der Waals surface area (Å²) in [4.78, 5) is 3.98. The maximum atomic E-state index is 3.98. The van der Waals surface area contributed by atoms with Crippen LogP contribution in [0.3, 0.4) is 0 Å². The summed E-state index contributed by atoms with van der Waals surface area (Å²) < 4.78 is 0. The lowest BCUT2D eigenvalue weighted by Gasteiger charge is -1.92. The number of nitrogens with zero attached hydrogens (tertiary/aromatic N) is 1. The lowest BCUT2D eigenvalue weighted by Crippen LogP contribution is -1.82. The third kappa shape index (κ3) is 14.7. The van der Waals surface area contributed by atoms with Crippen LogP contribution in [-0.2, 0) is 0 Å².